The fraction of sp³-hybridized carbons (Fsp3) is 0.150. The third-order valence-corrected chi connectivity index (χ3v) is 6.08. The minimum atomic E-state index is -0.428. The van der Waals surface area contributed by atoms with Gasteiger partial charge in [0.15, 0.2) is 0 Å². The molecular formula is C20H17N3O2S2. The molecule has 0 fully saturated rings. The van der Waals surface area contributed by atoms with Crippen LogP contribution in [0.1, 0.15) is 11.1 Å². The van der Waals surface area contributed by atoms with Gasteiger partial charge in [-0.2, -0.15) is 15.0 Å². The van der Waals surface area contributed by atoms with Crippen LogP contribution in [0.5, 0.6) is 5.75 Å². The normalized spacial score (nSPS) is 10.4. The Morgan fingerprint density at radius 1 is 1.11 bits per heavy atom. The molecule has 0 aliphatic heterocycles. The van der Waals surface area contributed by atoms with E-state index in [9.17, 15) is 10.1 Å². The first kappa shape index (κ1) is 19.1. The fourth-order valence-corrected chi connectivity index (χ4v) is 4.28. The van der Waals surface area contributed by atoms with Crippen LogP contribution >= 0.6 is 23.5 Å². The van der Waals surface area contributed by atoms with E-state index in [1.54, 1.807) is 50.1 Å². The van der Waals surface area contributed by atoms with Crippen molar-refractivity contribution in [1.29, 1.82) is 5.26 Å². The monoisotopic (exact) mass is 395 g/mol. The third-order valence-electron chi connectivity index (χ3n) is 4.00. The van der Waals surface area contributed by atoms with Crippen molar-refractivity contribution in [1.82, 2.24) is 9.78 Å². The van der Waals surface area contributed by atoms with Crippen LogP contribution in [0.2, 0.25) is 0 Å². The molecule has 0 spiro atoms. The molecule has 0 amide bonds. The maximum atomic E-state index is 12.7. The second-order valence-electron chi connectivity index (χ2n) is 5.58. The Hall–Kier alpha value is -2.69. The topological polar surface area (TPSA) is 67.9 Å². The highest BCUT2D eigenvalue weighted by molar-refractivity contribution is 8.02. The van der Waals surface area contributed by atoms with Gasteiger partial charge in [0.2, 0.25) is 0 Å². The number of thioether (sulfide) groups is 1. The largest absolute Gasteiger partial charge is 0.497 e. The fourth-order valence-electron chi connectivity index (χ4n) is 2.52. The van der Waals surface area contributed by atoms with E-state index < -0.39 is 5.56 Å². The Morgan fingerprint density at radius 2 is 1.78 bits per heavy atom. The first-order chi connectivity index (χ1) is 13.1. The molecule has 0 radical (unpaired) electrons. The lowest BCUT2D eigenvalue weighted by Gasteiger charge is -2.13. The molecule has 0 saturated carbocycles. The SMILES string of the molecule is COc1ccc(-n2nc(Sc3ccccc3SC)c(C)c(C#N)c2=O)cc1. The molecule has 2 aromatic carbocycles. The van der Waals surface area contributed by atoms with Gasteiger partial charge in [0, 0.05) is 15.4 Å². The van der Waals surface area contributed by atoms with Crippen molar-refractivity contribution < 1.29 is 4.74 Å². The molecule has 3 rings (SSSR count). The maximum Gasteiger partial charge on any atom is 0.289 e. The molecule has 0 aliphatic rings. The Bertz CT molecular complexity index is 1070. The number of hydrogen-bond acceptors (Lipinski definition) is 6. The van der Waals surface area contributed by atoms with E-state index in [-0.39, 0.29) is 5.56 Å². The maximum absolute atomic E-state index is 12.7. The van der Waals surface area contributed by atoms with Crippen LogP contribution in [0, 0.1) is 18.3 Å². The van der Waals surface area contributed by atoms with Crippen molar-refractivity contribution in [3.8, 4) is 17.5 Å². The molecule has 27 heavy (non-hydrogen) atoms. The van der Waals surface area contributed by atoms with Crippen molar-refractivity contribution in [3.05, 3.63) is 70.0 Å². The Kier molecular flexibility index (Phi) is 5.89. The summed E-state index contributed by atoms with van der Waals surface area (Å²) < 4.78 is 6.43. The summed E-state index contributed by atoms with van der Waals surface area (Å²) in [5.41, 5.74) is 0.845. The summed E-state index contributed by atoms with van der Waals surface area (Å²) in [4.78, 5) is 14.9. The second-order valence-corrected chi connectivity index (χ2v) is 7.46. The Balaban J connectivity index is 2.14. The predicted molar refractivity (Wildman–Crippen MR) is 108 cm³/mol. The summed E-state index contributed by atoms with van der Waals surface area (Å²) in [7, 11) is 1.58. The molecule has 0 N–H and O–H groups in total. The summed E-state index contributed by atoms with van der Waals surface area (Å²) in [6, 6.07) is 17.0. The van der Waals surface area contributed by atoms with Crippen molar-refractivity contribution in [3.63, 3.8) is 0 Å². The summed E-state index contributed by atoms with van der Waals surface area (Å²) in [5, 5.41) is 14.7. The zero-order valence-corrected chi connectivity index (χ0v) is 16.7. The van der Waals surface area contributed by atoms with Crippen molar-refractivity contribution in [2.24, 2.45) is 0 Å². The summed E-state index contributed by atoms with van der Waals surface area (Å²) in [6.07, 6.45) is 2.01. The van der Waals surface area contributed by atoms with E-state index in [4.69, 9.17) is 4.74 Å². The number of aromatic nitrogens is 2. The van der Waals surface area contributed by atoms with Crippen LogP contribution in [0.15, 0.2) is 68.1 Å². The smallest absolute Gasteiger partial charge is 0.289 e. The molecule has 1 aromatic heterocycles. The van der Waals surface area contributed by atoms with Gasteiger partial charge in [0.1, 0.15) is 22.4 Å². The summed E-state index contributed by atoms with van der Waals surface area (Å²) in [6.45, 7) is 1.76. The Labute approximate surface area is 166 Å². The molecule has 136 valence electrons. The van der Waals surface area contributed by atoms with E-state index in [0.29, 0.717) is 22.0 Å². The van der Waals surface area contributed by atoms with Crippen molar-refractivity contribution in [2.45, 2.75) is 21.7 Å². The van der Waals surface area contributed by atoms with Crippen molar-refractivity contribution in [2.75, 3.05) is 13.4 Å². The van der Waals surface area contributed by atoms with Gasteiger partial charge in [-0.15, -0.1) is 11.8 Å². The molecule has 7 heteroatoms. The Morgan fingerprint density at radius 3 is 2.37 bits per heavy atom. The van der Waals surface area contributed by atoms with Crippen LogP contribution in [0.25, 0.3) is 5.69 Å². The van der Waals surface area contributed by atoms with Crippen LogP contribution in [0.4, 0.5) is 0 Å². The molecule has 1 heterocycles. The highest BCUT2D eigenvalue weighted by Crippen LogP contribution is 2.35. The average molecular weight is 396 g/mol. The first-order valence-corrected chi connectivity index (χ1v) is 10.1. The van der Waals surface area contributed by atoms with Crippen LogP contribution in [-0.4, -0.2) is 23.1 Å². The summed E-state index contributed by atoms with van der Waals surface area (Å²) in [5.74, 6) is 0.683. The number of nitriles is 1. The number of benzene rings is 2. The number of ether oxygens (including phenoxy) is 1. The van der Waals surface area contributed by atoms with Crippen LogP contribution in [0.3, 0.4) is 0 Å². The van der Waals surface area contributed by atoms with Gasteiger partial charge in [-0.25, -0.2) is 0 Å². The van der Waals surface area contributed by atoms with E-state index in [0.717, 1.165) is 9.79 Å². The molecule has 0 saturated heterocycles. The van der Waals surface area contributed by atoms with Gasteiger partial charge in [-0.05, 0) is 49.6 Å². The highest BCUT2D eigenvalue weighted by atomic mass is 32.2. The quantitative estimate of drug-likeness (QED) is 0.600. The zero-order chi connectivity index (χ0) is 19.4. The predicted octanol–water partition coefficient (Wildman–Crippen LogP) is 4.29. The van der Waals surface area contributed by atoms with E-state index >= 15 is 0 Å². The zero-order valence-electron chi connectivity index (χ0n) is 15.1. The van der Waals surface area contributed by atoms with Crippen LogP contribution < -0.4 is 10.3 Å². The van der Waals surface area contributed by atoms with Gasteiger partial charge in [-0.1, -0.05) is 23.9 Å². The van der Waals surface area contributed by atoms with Gasteiger partial charge in [0.05, 0.1) is 12.8 Å². The lowest BCUT2D eigenvalue weighted by atomic mass is 10.2. The number of rotatable bonds is 5. The molecule has 0 bridgehead atoms. The van der Waals surface area contributed by atoms with Gasteiger partial charge in [0.25, 0.3) is 5.56 Å². The molecular weight excluding hydrogens is 378 g/mol. The van der Waals surface area contributed by atoms with E-state index in [1.807, 2.05) is 36.6 Å². The van der Waals surface area contributed by atoms with Gasteiger partial charge < -0.3 is 4.74 Å². The molecule has 0 atom stereocenters. The van der Waals surface area contributed by atoms with Crippen LogP contribution in [-0.2, 0) is 0 Å². The average Bonchev–Trinajstić information content (AvgIpc) is 2.71. The molecule has 3 aromatic rings. The molecule has 0 unspecified atom stereocenters. The summed E-state index contributed by atoms with van der Waals surface area (Å²) >= 11 is 3.09. The highest BCUT2D eigenvalue weighted by Gasteiger charge is 2.17. The minimum Gasteiger partial charge on any atom is -0.497 e. The number of nitrogens with zero attached hydrogens (tertiary/aromatic N) is 3. The van der Waals surface area contributed by atoms with E-state index in [1.165, 1.54) is 16.4 Å². The standard InChI is InChI=1S/C20H17N3O2S2/c1-13-16(12-21)20(24)23(14-8-10-15(25-2)11-9-14)22-19(13)27-18-7-5-4-6-17(18)26-3/h4-11H,1-3H3. The molecule has 5 nitrogen and oxygen atoms in total. The lowest BCUT2D eigenvalue weighted by Crippen LogP contribution is -2.25. The number of methoxy groups -OCH3 is 1. The minimum absolute atomic E-state index is 0.102. The number of hydrogen-bond donors (Lipinski definition) is 0. The lowest BCUT2D eigenvalue weighted by molar-refractivity contribution is 0.414. The second kappa shape index (κ2) is 8.33. The third kappa shape index (κ3) is 3.87. The molecule has 0 aliphatic carbocycles. The van der Waals surface area contributed by atoms with E-state index in [2.05, 4.69) is 5.10 Å². The van der Waals surface area contributed by atoms with Gasteiger partial charge >= 0.3 is 0 Å². The first-order valence-electron chi connectivity index (χ1n) is 8.08. The van der Waals surface area contributed by atoms with Gasteiger partial charge in [-0.3, -0.25) is 4.79 Å². The van der Waals surface area contributed by atoms with Crippen molar-refractivity contribution >= 4 is 23.5 Å².